The predicted octanol–water partition coefficient (Wildman–Crippen LogP) is 2.77. The van der Waals surface area contributed by atoms with E-state index in [1.54, 1.807) is 37.3 Å². The molecule has 1 amide bonds. The quantitative estimate of drug-likeness (QED) is 0.874. The molecule has 1 aliphatic heterocycles. The SMILES string of the molecule is COc1cccc([C@H]2[C@H](N)C(=O)N2c2ccc(OC)c(Cl)c2)c1. The topological polar surface area (TPSA) is 64.8 Å². The van der Waals surface area contributed by atoms with Gasteiger partial charge in [-0.2, -0.15) is 0 Å². The molecule has 0 bridgehead atoms. The van der Waals surface area contributed by atoms with Crippen LogP contribution in [0.15, 0.2) is 42.5 Å². The third-order valence-corrected chi connectivity index (χ3v) is 4.29. The van der Waals surface area contributed by atoms with Crippen LogP contribution in [0.4, 0.5) is 5.69 Å². The lowest BCUT2D eigenvalue weighted by molar-refractivity contribution is -0.126. The molecule has 0 saturated carbocycles. The molecule has 23 heavy (non-hydrogen) atoms. The third-order valence-electron chi connectivity index (χ3n) is 3.99. The molecule has 5 nitrogen and oxygen atoms in total. The van der Waals surface area contributed by atoms with Crippen LogP contribution in [0.3, 0.4) is 0 Å². The lowest BCUT2D eigenvalue weighted by atomic mass is 9.88. The zero-order valence-corrected chi connectivity index (χ0v) is 13.6. The van der Waals surface area contributed by atoms with Crippen LogP contribution >= 0.6 is 11.6 Å². The van der Waals surface area contributed by atoms with E-state index in [0.717, 1.165) is 11.3 Å². The first-order valence-electron chi connectivity index (χ1n) is 7.13. The number of nitrogens with two attached hydrogens (primary N) is 1. The molecule has 2 aromatic rings. The van der Waals surface area contributed by atoms with Crippen molar-refractivity contribution in [2.45, 2.75) is 12.1 Å². The number of ether oxygens (including phenoxy) is 2. The molecule has 3 rings (SSSR count). The van der Waals surface area contributed by atoms with Crippen molar-refractivity contribution in [2.24, 2.45) is 5.73 Å². The molecule has 1 fully saturated rings. The Morgan fingerprint density at radius 1 is 1.13 bits per heavy atom. The molecular weight excluding hydrogens is 316 g/mol. The van der Waals surface area contributed by atoms with E-state index in [0.29, 0.717) is 16.5 Å². The summed E-state index contributed by atoms with van der Waals surface area (Å²) in [5.74, 6) is 1.14. The van der Waals surface area contributed by atoms with Gasteiger partial charge in [0.15, 0.2) is 0 Å². The second-order valence-corrected chi connectivity index (χ2v) is 5.68. The van der Waals surface area contributed by atoms with E-state index in [1.165, 1.54) is 0 Å². The smallest absolute Gasteiger partial charge is 0.247 e. The van der Waals surface area contributed by atoms with Crippen molar-refractivity contribution < 1.29 is 14.3 Å². The number of benzene rings is 2. The predicted molar refractivity (Wildman–Crippen MR) is 89.2 cm³/mol. The van der Waals surface area contributed by atoms with Crippen molar-refractivity contribution in [1.29, 1.82) is 0 Å². The summed E-state index contributed by atoms with van der Waals surface area (Å²) in [6, 6.07) is 11.9. The Bertz CT molecular complexity index is 750. The fourth-order valence-electron chi connectivity index (χ4n) is 2.79. The highest BCUT2D eigenvalue weighted by molar-refractivity contribution is 6.32. The van der Waals surface area contributed by atoms with Gasteiger partial charge in [-0.15, -0.1) is 0 Å². The standard InChI is InChI=1S/C17H17ClN2O3/c1-22-12-5-3-4-10(8-12)16-15(19)17(21)20(16)11-6-7-14(23-2)13(18)9-11/h3-9,15-16H,19H2,1-2H3/t15-,16-/m0/s1. The molecule has 0 radical (unpaired) electrons. The number of halogens is 1. The van der Waals surface area contributed by atoms with Crippen molar-refractivity contribution in [1.82, 2.24) is 0 Å². The number of hydrogen-bond donors (Lipinski definition) is 1. The van der Waals surface area contributed by atoms with E-state index in [-0.39, 0.29) is 11.9 Å². The first-order chi connectivity index (χ1) is 11.1. The number of β-lactam (4-membered cyclic amide) rings is 1. The van der Waals surface area contributed by atoms with Gasteiger partial charge in [0.05, 0.1) is 25.3 Å². The molecular formula is C17H17ClN2O3. The van der Waals surface area contributed by atoms with Gasteiger partial charge in [-0.1, -0.05) is 23.7 Å². The molecule has 1 heterocycles. The Labute approximate surface area is 139 Å². The summed E-state index contributed by atoms with van der Waals surface area (Å²) >= 11 is 6.17. The average Bonchev–Trinajstić information content (AvgIpc) is 2.58. The van der Waals surface area contributed by atoms with Crippen LogP contribution in [0, 0.1) is 0 Å². The second kappa shape index (κ2) is 6.10. The van der Waals surface area contributed by atoms with Crippen LogP contribution in [0.1, 0.15) is 11.6 Å². The van der Waals surface area contributed by atoms with E-state index in [2.05, 4.69) is 0 Å². The van der Waals surface area contributed by atoms with E-state index in [9.17, 15) is 4.79 Å². The summed E-state index contributed by atoms with van der Waals surface area (Å²) in [6.45, 7) is 0. The number of rotatable bonds is 4. The molecule has 0 unspecified atom stereocenters. The monoisotopic (exact) mass is 332 g/mol. The van der Waals surface area contributed by atoms with Crippen LogP contribution < -0.4 is 20.1 Å². The van der Waals surface area contributed by atoms with Crippen molar-refractivity contribution in [3.63, 3.8) is 0 Å². The minimum atomic E-state index is -0.581. The summed E-state index contributed by atoms with van der Waals surface area (Å²) in [5, 5.41) is 0.447. The summed E-state index contributed by atoms with van der Waals surface area (Å²) in [4.78, 5) is 13.9. The number of carbonyl (C=O) groups excluding carboxylic acids is 1. The van der Waals surface area contributed by atoms with Crippen LogP contribution in [0.2, 0.25) is 5.02 Å². The highest BCUT2D eigenvalue weighted by atomic mass is 35.5. The lowest BCUT2D eigenvalue weighted by Gasteiger charge is -2.45. The average molecular weight is 333 g/mol. The van der Waals surface area contributed by atoms with Crippen LogP contribution in [0.25, 0.3) is 0 Å². The first-order valence-corrected chi connectivity index (χ1v) is 7.50. The lowest BCUT2D eigenvalue weighted by Crippen LogP contribution is -2.63. The zero-order chi connectivity index (χ0) is 16.6. The molecule has 2 N–H and O–H groups in total. The highest BCUT2D eigenvalue weighted by Crippen LogP contribution is 2.41. The zero-order valence-electron chi connectivity index (χ0n) is 12.8. The van der Waals surface area contributed by atoms with Gasteiger partial charge in [0.2, 0.25) is 5.91 Å². The Balaban J connectivity index is 1.97. The normalized spacial score (nSPS) is 20.2. The first kappa shape index (κ1) is 15.6. The van der Waals surface area contributed by atoms with Crippen LogP contribution in [-0.2, 0) is 4.79 Å². The number of nitrogens with zero attached hydrogens (tertiary/aromatic N) is 1. The fourth-order valence-corrected chi connectivity index (χ4v) is 3.04. The Morgan fingerprint density at radius 3 is 2.57 bits per heavy atom. The van der Waals surface area contributed by atoms with E-state index < -0.39 is 6.04 Å². The van der Waals surface area contributed by atoms with Crippen molar-refractivity contribution in [3.8, 4) is 11.5 Å². The number of carbonyl (C=O) groups is 1. The summed E-state index contributed by atoms with van der Waals surface area (Å²) in [6.07, 6.45) is 0. The summed E-state index contributed by atoms with van der Waals surface area (Å²) < 4.78 is 10.4. The highest BCUT2D eigenvalue weighted by Gasteiger charge is 2.46. The van der Waals surface area contributed by atoms with Gasteiger partial charge in [0.1, 0.15) is 17.5 Å². The Hall–Kier alpha value is -2.24. The van der Waals surface area contributed by atoms with E-state index in [4.69, 9.17) is 26.8 Å². The van der Waals surface area contributed by atoms with Gasteiger partial charge in [0, 0.05) is 5.69 Å². The minimum absolute atomic E-state index is 0.140. The second-order valence-electron chi connectivity index (χ2n) is 5.27. The minimum Gasteiger partial charge on any atom is -0.497 e. The maximum atomic E-state index is 12.3. The van der Waals surface area contributed by atoms with Gasteiger partial charge in [-0.25, -0.2) is 0 Å². The molecule has 2 atom stereocenters. The molecule has 0 aromatic heterocycles. The Morgan fingerprint density at radius 2 is 1.91 bits per heavy atom. The maximum Gasteiger partial charge on any atom is 0.247 e. The number of anilines is 1. The van der Waals surface area contributed by atoms with Crippen LogP contribution in [-0.4, -0.2) is 26.2 Å². The summed E-state index contributed by atoms with van der Waals surface area (Å²) in [7, 11) is 3.15. The molecule has 0 aliphatic carbocycles. The molecule has 0 spiro atoms. The molecule has 120 valence electrons. The van der Waals surface area contributed by atoms with Crippen LogP contribution in [0.5, 0.6) is 11.5 Å². The van der Waals surface area contributed by atoms with Crippen molar-refractivity contribution in [3.05, 3.63) is 53.1 Å². The molecule has 1 saturated heterocycles. The van der Waals surface area contributed by atoms with Gasteiger partial charge >= 0.3 is 0 Å². The number of amides is 1. The summed E-state index contributed by atoms with van der Waals surface area (Å²) in [5.41, 5.74) is 7.63. The molecule has 2 aromatic carbocycles. The number of hydrogen-bond acceptors (Lipinski definition) is 4. The maximum absolute atomic E-state index is 12.3. The largest absolute Gasteiger partial charge is 0.497 e. The van der Waals surface area contributed by atoms with Gasteiger partial charge in [-0.3, -0.25) is 4.79 Å². The van der Waals surface area contributed by atoms with E-state index in [1.807, 2.05) is 24.3 Å². The van der Waals surface area contributed by atoms with Gasteiger partial charge < -0.3 is 20.1 Å². The Kier molecular flexibility index (Phi) is 4.15. The fraction of sp³-hybridized carbons (Fsp3) is 0.235. The van der Waals surface area contributed by atoms with E-state index >= 15 is 0 Å². The molecule has 6 heteroatoms. The van der Waals surface area contributed by atoms with Crippen molar-refractivity contribution in [2.75, 3.05) is 19.1 Å². The van der Waals surface area contributed by atoms with Gasteiger partial charge in [-0.05, 0) is 35.9 Å². The third kappa shape index (κ3) is 2.62. The number of methoxy groups -OCH3 is 2. The van der Waals surface area contributed by atoms with Gasteiger partial charge in [0.25, 0.3) is 0 Å². The molecule has 1 aliphatic rings. The van der Waals surface area contributed by atoms with Crippen molar-refractivity contribution >= 4 is 23.2 Å².